The zero-order valence-corrected chi connectivity index (χ0v) is 14.5. The van der Waals surface area contributed by atoms with Crippen LogP contribution in [0.3, 0.4) is 0 Å². The zero-order valence-electron chi connectivity index (χ0n) is 14.5. The molecule has 0 aliphatic rings. The highest BCUT2D eigenvalue weighted by molar-refractivity contribution is 5.82. The number of allylic oxidation sites excluding steroid dienone is 11. The fourth-order valence-corrected chi connectivity index (χ4v) is 1.76. The smallest absolute Gasteiger partial charge is 0.330 e. The number of unbranched alkanes of at least 4 members (excludes halogenated alkanes) is 5. The van der Waals surface area contributed by atoms with Crippen LogP contribution in [-0.4, -0.2) is 13.1 Å². The maximum Gasteiger partial charge on any atom is 0.330 e. The largest absolute Gasteiger partial charge is 0.466 e. The Balaban J connectivity index is 3.68. The second-order valence-electron chi connectivity index (χ2n) is 5.05. The van der Waals surface area contributed by atoms with Gasteiger partial charge in [-0.25, -0.2) is 4.79 Å². The Kier molecular flexibility index (Phi) is 16.3. The minimum Gasteiger partial charge on any atom is -0.466 e. The van der Waals surface area contributed by atoms with Crippen LogP contribution in [0.2, 0.25) is 0 Å². The van der Waals surface area contributed by atoms with Crippen LogP contribution in [0.25, 0.3) is 0 Å². The van der Waals surface area contributed by atoms with Gasteiger partial charge in [-0.05, 0) is 12.8 Å². The molecule has 0 amide bonds. The molecule has 0 saturated carbocycles. The fraction of sp³-hybridized carbons (Fsp3) is 0.381. The van der Waals surface area contributed by atoms with Crippen LogP contribution in [0.4, 0.5) is 0 Å². The number of rotatable bonds is 12. The Bertz CT molecular complexity index is 448. The molecule has 0 aromatic carbocycles. The van der Waals surface area contributed by atoms with Crippen molar-refractivity contribution in [3.63, 3.8) is 0 Å². The normalized spacial score (nSPS) is 13.0. The first-order valence-electron chi connectivity index (χ1n) is 8.39. The van der Waals surface area contributed by atoms with Crippen LogP contribution in [0.5, 0.6) is 0 Å². The third kappa shape index (κ3) is 17.9. The van der Waals surface area contributed by atoms with Crippen molar-refractivity contribution in [1.82, 2.24) is 0 Å². The Morgan fingerprint density at radius 2 is 1.26 bits per heavy atom. The summed E-state index contributed by atoms with van der Waals surface area (Å²) in [5, 5.41) is 0. The van der Waals surface area contributed by atoms with E-state index in [1.165, 1.54) is 51.7 Å². The number of methoxy groups -OCH3 is 1. The van der Waals surface area contributed by atoms with Crippen molar-refractivity contribution in [2.24, 2.45) is 0 Å². The van der Waals surface area contributed by atoms with Crippen LogP contribution in [0.15, 0.2) is 72.9 Å². The molecule has 0 fully saturated rings. The number of hydrogen-bond acceptors (Lipinski definition) is 2. The average molecular weight is 314 g/mol. The highest BCUT2D eigenvalue weighted by Gasteiger charge is 1.86. The van der Waals surface area contributed by atoms with Crippen molar-refractivity contribution in [2.45, 2.75) is 45.4 Å². The maximum absolute atomic E-state index is 10.8. The van der Waals surface area contributed by atoms with E-state index in [1.54, 1.807) is 12.2 Å². The predicted octanol–water partition coefficient (Wildman–Crippen LogP) is 5.86. The summed E-state index contributed by atoms with van der Waals surface area (Å²) in [4.78, 5) is 10.8. The summed E-state index contributed by atoms with van der Waals surface area (Å²) in [6, 6.07) is 0. The average Bonchev–Trinajstić information content (AvgIpc) is 2.57. The third-order valence-electron chi connectivity index (χ3n) is 3.04. The first kappa shape index (κ1) is 20.9. The summed E-state index contributed by atoms with van der Waals surface area (Å²) in [7, 11) is 1.36. The maximum atomic E-state index is 10.8. The lowest BCUT2D eigenvalue weighted by Gasteiger charge is -1.95. The first-order valence-corrected chi connectivity index (χ1v) is 8.39. The number of carbonyl (C=O) groups is 1. The highest BCUT2D eigenvalue weighted by Crippen LogP contribution is 2.05. The summed E-state index contributed by atoms with van der Waals surface area (Å²) in [6.45, 7) is 2.24. The van der Waals surface area contributed by atoms with Crippen molar-refractivity contribution >= 4 is 5.97 Å². The molecular weight excluding hydrogens is 284 g/mol. The van der Waals surface area contributed by atoms with Crippen molar-refractivity contribution in [3.8, 4) is 0 Å². The standard InChI is InChI=1S/C21H30O2/c1-3-4-5-6-7-8-9-10-11-12-13-14-15-16-17-18-19-20-21(22)23-2/h9-20H,3-8H2,1-2H3/b10-9+,12-11+,14-13+,16-15+,18-17+,20-19+. The monoisotopic (exact) mass is 314 g/mol. The van der Waals surface area contributed by atoms with E-state index < -0.39 is 0 Å². The number of ether oxygens (including phenoxy) is 1. The molecule has 0 atom stereocenters. The fourth-order valence-electron chi connectivity index (χ4n) is 1.76. The lowest BCUT2D eigenvalue weighted by Crippen LogP contribution is -1.92. The van der Waals surface area contributed by atoms with E-state index in [0.29, 0.717) is 0 Å². The molecule has 0 spiro atoms. The van der Waals surface area contributed by atoms with Gasteiger partial charge in [0.25, 0.3) is 0 Å². The Hall–Kier alpha value is -2.09. The Labute approximate surface area is 141 Å². The van der Waals surface area contributed by atoms with Crippen molar-refractivity contribution in [2.75, 3.05) is 7.11 Å². The van der Waals surface area contributed by atoms with Gasteiger partial charge in [0, 0.05) is 6.08 Å². The predicted molar refractivity (Wildman–Crippen MR) is 100 cm³/mol. The van der Waals surface area contributed by atoms with Crippen LogP contribution >= 0.6 is 0 Å². The number of carbonyl (C=O) groups excluding carboxylic acids is 1. The van der Waals surface area contributed by atoms with Crippen LogP contribution in [-0.2, 0) is 9.53 Å². The summed E-state index contributed by atoms with van der Waals surface area (Å²) in [6.07, 6.45) is 30.7. The molecular formula is C21H30O2. The molecule has 0 radical (unpaired) electrons. The second-order valence-corrected chi connectivity index (χ2v) is 5.05. The second kappa shape index (κ2) is 18.0. The molecule has 2 nitrogen and oxygen atoms in total. The molecule has 126 valence electrons. The van der Waals surface area contributed by atoms with Crippen molar-refractivity contribution < 1.29 is 9.53 Å². The van der Waals surface area contributed by atoms with E-state index >= 15 is 0 Å². The molecule has 0 N–H and O–H groups in total. The quantitative estimate of drug-likeness (QED) is 0.195. The van der Waals surface area contributed by atoms with Gasteiger partial charge in [-0.1, -0.05) is 99.4 Å². The third-order valence-corrected chi connectivity index (χ3v) is 3.04. The molecule has 0 aromatic rings. The van der Waals surface area contributed by atoms with E-state index in [-0.39, 0.29) is 5.97 Å². The van der Waals surface area contributed by atoms with E-state index in [2.05, 4.69) is 23.8 Å². The molecule has 0 aliphatic carbocycles. The van der Waals surface area contributed by atoms with Gasteiger partial charge >= 0.3 is 5.97 Å². The van der Waals surface area contributed by atoms with Crippen LogP contribution in [0, 0.1) is 0 Å². The van der Waals surface area contributed by atoms with Gasteiger partial charge in [-0.3, -0.25) is 0 Å². The zero-order chi connectivity index (χ0) is 17.0. The number of esters is 1. The van der Waals surface area contributed by atoms with Crippen LogP contribution in [0.1, 0.15) is 45.4 Å². The van der Waals surface area contributed by atoms with E-state index in [9.17, 15) is 4.79 Å². The summed E-state index contributed by atoms with van der Waals surface area (Å²) < 4.78 is 4.48. The van der Waals surface area contributed by atoms with E-state index in [0.717, 1.165) is 0 Å². The molecule has 0 bridgehead atoms. The molecule has 0 heterocycles. The van der Waals surface area contributed by atoms with Crippen molar-refractivity contribution in [1.29, 1.82) is 0 Å². The Morgan fingerprint density at radius 1 is 0.739 bits per heavy atom. The molecule has 0 saturated heterocycles. The SMILES string of the molecule is CCCCCCC/C=C/C=C/C=C/C=C/C=C/C=C/C(=O)OC. The van der Waals surface area contributed by atoms with Gasteiger partial charge in [0.15, 0.2) is 0 Å². The molecule has 0 rings (SSSR count). The number of hydrogen-bond donors (Lipinski definition) is 0. The van der Waals surface area contributed by atoms with Gasteiger partial charge < -0.3 is 4.74 Å². The Morgan fingerprint density at radius 3 is 1.83 bits per heavy atom. The van der Waals surface area contributed by atoms with Crippen LogP contribution < -0.4 is 0 Å². The first-order chi connectivity index (χ1) is 11.3. The summed E-state index contributed by atoms with van der Waals surface area (Å²) in [5.74, 6) is -0.349. The summed E-state index contributed by atoms with van der Waals surface area (Å²) in [5.41, 5.74) is 0. The molecule has 0 aromatic heterocycles. The van der Waals surface area contributed by atoms with E-state index in [4.69, 9.17) is 0 Å². The molecule has 0 aliphatic heterocycles. The van der Waals surface area contributed by atoms with Gasteiger partial charge in [0.1, 0.15) is 0 Å². The lowest BCUT2D eigenvalue weighted by atomic mass is 10.1. The van der Waals surface area contributed by atoms with Gasteiger partial charge in [-0.2, -0.15) is 0 Å². The van der Waals surface area contributed by atoms with Gasteiger partial charge in [-0.15, -0.1) is 0 Å². The molecule has 23 heavy (non-hydrogen) atoms. The minimum atomic E-state index is -0.349. The highest BCUT2D eigenvalue weighted by atomic mass is 16.5. The lowest BCUT2D eigenvalue weighted by molar-refractivity contribution is -0.134. The minimum absolute atomic E-state index is 0.349. The van der Waals surface area contributed by atoms with E-state index in [1.807, 2.05) is 42.5 Å². The topological polar surface area (TPSA) is 26.3 Å². The van der Waals surface area contributed by atoms with Gasteiger partial charge in [0.2, 0.25) is 0 Å². The van der Waals surface area contributed by atoms with Crippen molar-refractivity contribution in [3.05, 3.63) is 72.9 Å². The summed E-state index contributed by atoms with van der Waals surface area (Å²) >= 11 is 0. The molecule has 2 heteroatoms. The van der Waals surface area contributed by atoms with Gasteiger partial charge in [0.05, 0.1) is 7.11 Å². The molecule has 0 unspecified atom stereocenters.